The SMILES string of the molecule is Cc1cncc(C(=O)N(C)CC(C)(C)CN)c1.Cl.Cl. The molecule has 2 N–H and O–H groups in total. The highest BCUT2D eigenvalue weighted by atomic mass is 35.5. The molecule has 1 aromatic heterocycles. The molecule has 1 rings (SSSR count). The fraction of sp³-hybridized carbons (Fsp3) is 0.538. The van der Waals surface area contributed by atoms with Gasteiger partial charge in [0, 0.05) is 26.0 Å². The highest BCUT2D eigenvalue weighted by Crippen LogP contribution is 2.15. The van der Waals surface area contributed by atoms with Crippen molar-refractivity contribution in [3.63, 3.8) is 0 Å². The zero-order chi connectivity index (χ0) is 13.1. The van der Waals surface area contributed by atoms with Crippen molar-refractivity contribution in [2.45, 2.75) is 20.8 Å². The number of hydrogen-bond donors (Lipinski definition) is 1. The Morgan fingerprint density at radius 3 is 2.42 bits per heavy atom. The number of carbonyl (C=O) groups is 1. The minimum atomic E-state index is -0.0678. The lowest BCUT2D eigenvalue weighted by molar-refractivity contribution is 0.0740. The fourth-order valence-corrected chi connectivity index (χ4v) is 1.67. The molecule has 110 valence electrons. The second-order valence-electron chi connectivity index (χ2n) is 5.28. The molecule has 1 aromatic rings. The van der Waals surface area contributed by atoms with E-state index >= 15 is 0 Å². The maximum Gasteiger partial charge on any atom is 0.255 e. The first-order valence-corrected chi connectivity index (χ1v) is 5.73. The quantitative estimate of drug-likeness (QED) is 0.928. The van der Waals surface area contributed by atoms with Crippen molar-refractivity contribution in [3.8, 4) is 0 Å². The third-order valence-corrected chi connectivity index (χ3v) is 2.69. The molecule has 0 aliphatic rings. The Morgan fingerprint density at radius 1 is 1.37 bits per heavy atom. The number of carbonyl (C=O) groups excluding carboxylic acids is 1. The van der Waals surface area contributed by atoms with Crippen molar-refractivity contribution in [2.75, 3.05) is 20.1 Å². The number of nitrogens with two attached hydrogens (primary N) is 1. The van der Waals surface area contributed by atoms with Gasteiger partial charge in [0.25, 0.3) is 5.91 Å². The van der Waals surface area contributed by atoms with Gasteiger partial charge in [-0.1, -0.05) is 13.8 Å². The van der Waals surface area contributed by atoms with Crippen LogP contribution < -0.4 is 5.73 Å². The molecule has 4 nitrogen and oxygen atoms in total. The molecule has 0 fully saturated rings. The number of amides is 1. The fourth-order valence-electron chi connectivity index (χ4n) is 1.67. The molecule has 0 atom stereocenters. The molecule has 0 aromatic carbocycles. The van der Waals surface area contributed by atoms with Crippen LogP contribution >= 0.6 is 24.8 Å². The van der Waals surface area contributed by atoms with E-state index in [1.54, 1.807) is 24.3 Å². The lowest BCUT2D eigenvalue weighted by Crippen LogP contribution is -2.39. The van der Waals surface area contributed by atoms with Crippen LogP contribution in [-0.2, 0) is 0 Å². The lowest BCUT2D eigenvalue weighted by atomic mass is 9.93. The Balaban J connectivity index is 0. The number of hydrogen-bond acceptors (Lipinski definition) is 3. The lowest BCUT2D eigenvalue weighted by Gasteiger charge is -2.29. The molecular formula is C13H23Cl2N3O. The minimum Gasteiger partial charge on any atom is -0.341 e. The summed E-state index contributed by atoms with van der Waals surface area (Å²) in [6.07, 6.45) is 3.34. The van der Waals surface area contributed by atoms with Gasteiger partial charge in [0.05, 0.1) is 5.56 Å². The second kappa shape index (κ2) is 8.35. The number of nitrogens with zero attached hydrogens (tertiary/aromatic N) is 2. The van der Waals surface area contributed by atoms with Gasteiger partial charge in [-0.3, -0.25) is 9.78 Å². The second-order valence-corrected chi connectivity index (χ2v) is 5.28. The number of halogens is 2. The van der Waals surface area contributed by atoms with Gasteiger partial charge in [-0.2, -0.15) is 0 Å². The molecular weight excluding hydrogens is 285 g/mol. The first-order chi connectivity index (χ1) is 7.85. The maximum atomic E-state index is 12.1. The summed E-state index contributed by atoms with van der Waals surface area (Å²) in [5.74, 6) is -0.0114. The minimum absolute atomic E-state index is 0. The van der Waals surface area contributed by atoms with Crippen molar-refractivity contribution < 1.29 is 4.79 Å². The Morgan fingerprint density at radius 2 is 1.95 bits per heavy atom. The van der Waals surface area contributed by atoms with Crippen LogP contribution in [0.25, 0.3) is 0 Å². The number of aromatic nitrogens is 1. The summed E-state index contributed by atoms with van der Waals surface area (Å²) in [6, 6.07) is 1.85. The van der Waals surface area contributed by atoms with Gasteiger partial charge < -0.3 is 10.6 Å². The monoisotopic (exact) mass is 307 g/mol. The smallest absolute Gasteiger partial charge is 0.255 e. The van der Waals surface area contributed by atoms with Crippen molar-refractivity contribution in [3.05, 3.63) is 29.6 Å². The topological polar surface area (TPSA) is 59.2 Å². The summed E-state index contributed by atoms with van der Waals surface area (Å²) >= 11 is 0. The van der Waals surface area contributed by atoms with Crippen molar-refractivity contribution in [1.82, 2.24) is 9.88 Å². The average Bonchev–Trinajstić information content (AvgIpc) is 2.27. The van der Waals surface area contributed by atoms with E-state index in [0.29, 0.717) is 18.7 Å². The zero-order valence-corrected chi connectivity index (χ0v) is 13.5. The molecule has 0 saturated carbocycles. The van der Waals surface area contributed by atoms with Gasteiger partial charge in [0.2, 0.25) is 0 Å². The van der Waals surface area contributed by atoms with E-state index in [-0.39, 0.29) is 36.1 Å². The zero-order valence-electron chi connectivity index (χ0n) is 11.8. The van der Waals surface area contributed by atoms with Crippen LogP contribution in [0.5, 0.6) is 0 Å². The van der Waals surface area contributed by atoms with Crippen LogP contribution in [0.4, 0.5) is 0 Å². The van der Waals surface area contributed by atoms with E-state index in [0.717, 1.165) is 5.56 Å². The highest BCUT2D eigenvalue weighted by molar-refractivity contribution is 5.93. The van der Waals surface area contributed by atoms with E-state index in [1.165, 1.54) is 0 Å². The maximum absolute atomic E-state index is 12.1. The predicted octanol–water partition coefficient (Wildman–Crippen LogP) is 2.29. The van der Waals surface area contributed by atoms with E-state index in [2.05, 4.69) is 4.98 Å². The van der Waals surface area contributed by atoms with Gasteiger partial charge in [-0.15, -0.1) is 24.8 Å². The molecule has 0 aliphatic heterocycles. The number of rotatable bonds is 4. The summed E-state index contributed by atoms with van der Waals surface area (Å²) in [4.78, 5) is 17.9. The number of aryl methyl sites for hydroxylation is 1. The summed E-state index contributed by atoms with van der Waals surface area (Å²) < 4.78 is 0. The van der Waals surface area contributed by atoms with E-state index in [1.807, 2.05) is 26.8 Å². The average molecular weight is 308 g/mol. The molecule has 0 spiro atoms. The third kappa shape index (κ3) is 6.23. The molecule has 0 radical (unpaired) electrons. The van der Waals surface area contributed by atoms with Crippen LogP contribution in [0.2, 0.25) is 0 Å². The van der Waals surface area contributed by atoms with Gasteiger partial charge in [0.15, 0.2) is 0 Å². The van der Waals surface area contributed by atoms with Crippen LogP contribution in [0.15, 0.2) is 18.5 Å². The first kappa shape index (κ1) is 20.5. The Labute approximate surface area is 127 Å². The molecule has 19 heavy (non-hydrogen) atoms. The third-order valence-electron chi connectivity index (χ3n) is 2.69. The standard InChI is InChI=1S/C13H21N3O.2ClH/c1-10-5-11(7-15-6-10)12(17)16(4)9-13(2,3)8-14;;/h5-7H,8-9,14H2,1-4H3;2*1H. The summed E-state index contributed by atoms with van der Waals surface area (Å²) in [5, 5.41) is 0. The summed E-state index contributed by atoms with van der Waals surface area (Å²) in [6.45, 7) is 7.21. The van der Waals surface area contributed by atoms with Gasteiger partial charge in [-0.25, -0.2) is 0 Å². The van der Waals surface area contributed by atoms with Crippen molar-refractivity contribution in [2.24, 2.45) is 11.1 Å². The molecule has 1 amide bonds. The van der Waals surface area contributed by atoms with Gasteiger partial charge in [-0.05, 0) is 30.5 Å². The molecule has 1 heterocycles. The van der Waals surface area contributed by atoms with E-state index in [4.69, 9.17) is 5.73 Å². The predicted molar refractivity (Wildman–Crippen MR) is 83.3 cm³/mol. The molecule has 0 saturated heterocycles. The molecule has 0 bridgehead atoms. The van der Waals surface area contributed by atoms with Crippen molar-refractivity contribution >= 4 is 30.7 Å². The van der Waals surface area contributed by atoms with Gasteiger partial charge in [0.1, 0.15) is 0 Å². The van der Waals surface area contributed by atoms with Gasteiger partial charge >= 0.3 is 0 Å². The number of pyridine rings is 1. The Bertz CT molecular complexity index is 411. The first-order valence-electron chi connectivity index (χ1n) is 5.73. The van der Waals surface area contributed by atoms with E-state index < -0.39 is 0 Å². The van der Waals surface area contributed by atoms with Crippen LogP contribution in [0.1, 0.15) is 29.8 Å². The van der Waals surface area contributed by atoms with Crippen LogP contribution in [-0.4, -0.2) is 35.9 Å². The highest BCUT2D eigenvalue weighted by Gasteiger charge is 2.21. The Kier molecular flexibility index (Phi) is 9.00. The normalized spacial score (nSPS) is 10.2. The van der Waals surface area contributed by atoms with Crippen LogP contribution in [0, 0.1) is 12.3 Å². The largest absolute Gasteiger partial charge is 0.341 e. The molecule has 6 heteroatoms. The van der Waals surface area contributed by atoms with E-state index in [9.17, 15) is 4.79 Å². The van der Waals surface area contributed by atoms with Crippen LogP contribution in [0.3, 0.4) is 0 Å². The van der Waals surface area contributed by atoms with Crippen molar-refractivity contribution in [1.29, 1.82) is 0 Å². The summed E-state index contributed by atoms with van der Waals surface area (Å²) in [7, 11) is 1.79. The Hall–Kier alpha value is -0.840. The molecule has 0 unspecified atom stereocenters. The summed E-state index contributed by atoms with van der Waals surface area (Å²) in [5.41, 5.74) is 7.21. The molecule has 0 aliphatic carbocycles.